The van der Waals surface area contributed by atoms with Crippen molar-refractivity contribution in [2.24, 2.45) is 0 Å². The van der Waals surface area contributed by atoms with E-state index in [2.05, 4.69) is 5.32 Å². The summed E-state index contributed by atoms with van der Waals surface area (Å²) >= 11 is 0. The molecule has 3 heteroatoms. The smallest absolute Gasteiger partial charge is 0.244 e. The third kappa shape index (κ3) is 2.98. The number of carbonyl (C=O) groups is 1. The van der Waals surface area contributed by atoms with Crippen LogP contribution in [0, 0.1) is 0 Å². The molecule has 0 spiro atoms. The van der Waals surface area contributed by atoms with Crippen LogP contribution in [-0.2, 0) is 4.79 Å². The zero-order chi connectivity index (χ0) is 10.5. The summed E-state index contributed by atoms with van der Waals surface area (Å²) in [5.74, 6) is 0.676. The van der Waals surface area contributed by atoms with Gasteiger partial charge in [0.2, 0.25) is 5.91 Å². The van der Waals surface area contributed by atoms with Gasteiger partial charge in [-0.1, -0.05) is 12.8 Å². The quantitative estimate of drug-likeness (QED) is 0.770. The number of rotatable bonds is 3. The second kappa shape index (κ2) is 4.82. The molecule has 15 heavy (non-hydrogen) atoms. The maximum absolute atomic E-state index is 11.5. The van der Waals surface area contributed by atoms with Crippen molar-refractivity contribution in [1.29, 1.82) is 0 Å². The highest BCUT2D eigenvalue weighted by Gasteiger charge is 2.15. The molecule has 0 bridgehead atoms. The number of nitrogens with one attached hydrogen (secondary N) is 1. The van der Waals surface area contributed by atoms with E-state index in [-0.39, 0.29) is 5.91 Å². The Morgan fingerprint density at radius 1 is 1.47 bits per heavy atom. The molecule has 1 N–H and O–H groups in total. The van der Waals surface area contributed by atoms with Crippen molar-refractivity contribution in [3.05, 3.63) is 30.2 Å². The number of carbonyl (C=O) groups excluding carboxylic acids is 1. The molecule has 0 unspecified atom stereocenters. The molecule has 1 aromatic rings. The Morgan fingerprint density at radius 2 is 2.27 bits per heavy atom. The van der Waals surface area contributed by atoms with Gasteiger partial charge in [-0.25, -0.2) is 0 Å². The fourth-order valence-electron chi connectivity index (χ4n) is 1.86. The molecule has 1 fully saturated rings. The van der Waals surface area contributed by atoms with Crippen LogP contribution in [0.2, 0.25) is 0 Å². The maximum atomic E-state index is 11.5. The van der Waals surface area contributed by atoms with Crippen molar-refractivity contribution < 1.29 is 9.21 Å². The second-order valence-electron chi connectivity index (χ2n) is 3.84. The number of hydrogen-bond donors (Lipinski definition) is 1. The fourth-order valence-corrected chi connectivity index (χ4v) is 1.86. The summed E-state index contributed by atoms with van der Waals surface area (Å²) in [6.45, 7) is 0. The van der Waals surface area contributed by atoms with Gasteiger partial charge in [0, 0.05) is 12.1 Å². The predicted octanol–water partition coefficient (Wildman–Crippen LogP) is 2.35. The van der Waals surface area contributed by atoms with Gasteiger partial charge in [-0.3, -0.25) is 4.79 Å². The molecule has 0 atom stereocenters. The summed E-state index contributed by atoms with van der Waals surface area (Å²) in [4.78, 5) is 11.5. The van der Waals surface area contributed by atoms with E-state index in [4.69, 9.17) is 4.42 Å². The summed E-state index contributed by atoms with van der Waals surface area (Å²) < 4.78 is 5.09. The zero-order valence-corrected chi connectivity index (χ0v) is 8.61. The Kier molecular flexibility index (Phi) is 3.22. The van der Waals surface area contributed by atoms with Crippen LogP contribution >= 0.6 is 0 Å². The first kappa shape index (κ1) is 10.0. The summed E-state index contributed by atoms with van der Waals surface area (Å²) in [7, 11) is 0. The molecule has 0 saturated heterocycles. The van der Waals surface area contributed by atoms with E-state index in [0.29, 0.717) is 11.8 Å². The first-order chi connectivity index (χ1) is 7.34. The van der Waals surface area contributed by atoms with E-state index in [1.165, 1.54) is 18.9 Å². The second-order valence-corrected chi connectivity index (χ2v) is 3.84. The van der Waals surface area contributed by atoms with Gasteiger partial charge >= 0.3 is 0 Å². The SMILES string of the molecule is O=C(/C=C/c1ccco1)NC1CCCC1. The standard InChI is InChI=1S/C12H15NO2/c14-12(13-10-4-1-2-5-10)8-7-11-6-3-9-15-11/h3,6-10H,1-2,4-5H2,(H,13,14)/b8-7+. The summed E-state index contributed by atoms with van der Waals surface area (Å²) in [5.41, 5.74) is 0. The lowest BCUT2D eigenvalue weighted by atomic mass is 10.2. The van der Waals surface area contributed by atoms with Gasteiger partial charge in [0.25, 0.3) is 0 Å². The molecule has 1 heterocycles. The fraction of sp³-hybridized carbons (Fsp3) is 0.417. The largest absolute Gasteiger partial charge is 0.465 e. The summed E-state index contributed by atoms with van der Waals surface area (Å²) in [6, 6.07) is 3.99. The van der Waals surface area contributed by atoms with Crippen molar-refractivity contribution in [1.82, 2.24) is 5.32 Å². The third-order valence-electron chi connectivity index (χ3n) is 2.64. The Bertz CT molecular complexity index is 335. The van der Waals surface area contributed by atoms with Crippen molar-refractivity contribution in [3.63, 3.8) is 0 Å². The Labute approximate surface area is 89.2 Å². The molecule has 2 rings (SSSR count). The first-order valence-corrected chi connectivity index (χ1v) is 5.37. The van der Waals surface area contributed by atoms with E-state index in [1.54, 1.807) is 18.4 Å². The Morgan fingerprint density at radius 3 is 2.93 bits per heavy atom. The van der Waals surface area contributed by atoms with E-state index >= 15 is 0 Å². The van der Waals surface area contributed by atoms with Crippen LogP contribution in [0.5, 0.6) is 0 Å². The molecule has 0 aliphatic heterocycles. The normalized spacial score (nSPS) is 17.3. The first-order valence-electron chi connectivity index (χ1n) is 5.37. The van der Waals surface area contributed by atoms with Crippen LogP contribution < -0.4 is 5.32 Å². The molecule has 1 saturated carbocycles. The van der Waals surface area contributed by atoms with Crippen LogP contribution in [0.1, 0.15) is 31.4 Å². The van der Waals surface area contributed by atoms with Gasteiger partial charge in [-0.2, -0.15) is 0 Å². The topological polar surface area (TPSA) is 42.2 Å². The average molecular weight is 205 g/mol. The highest BCUT2D eigenvalue weighted by molar-refractivity contribution is 5.91. The van der Waals surface area contributed by atoms with E-state index in [0.717, 1.165) is 12.8 Å². The Hall–Kier alpha value is -1.51. The van der Waals surface area contributed by atoms with Gasteiger partial charge in [-0.15, -0.1) is 0 Å². The lowest BCUT2D eigenvalue weighted by Gasteiger charge is -2.08. The molecular weight excluding hydrogens is 190 g/mol. The van der Waals surface area contributed by atoms with E-state index in [1.807, 2.05) is 6.07 Å². The Balaban J connectivity index is 1.81. The minimum Gasteiger partial charge on any atom is -0.465 e. The van der Waals surface area contributed by atoms with Crippen LogP contribution in [-0.4, -0.2) is 11.9 Å². The lowest BCUT2D eigenvalue weighted by Crippen LogP contribution is -2.30. The van der Waals surface area contributed by atoms with Crippen LogP contribution in [0.3, 0.4) is 0 Å². The van der Waals surface area contributed by atoms with Gasteiger partial charge in [0.15, 0.2) is 0 Å². The number of furan rings is 1. The van der Waals surface area contributed by atoms with Crippen molar-refractivity contribution in [2.45, 2.75) is 31.7 Å². The highest BCUT2D eigenvalue weighted by Crippen LogP contribution is 2.17. The van der Waals surface area contributed by atoms with Gasteiger partial charge < -0.3 is 9.73 Å². The summed E-state index contributed by atoms with van der Waals surface area (Å²) in [6.07, 6.45) is 9.48. The lowest BCUT2D eigenvalue weighted by molar-refractivity contribution is -0.117. The maximum Gasteiger partial charge on any atom is 0.244 e. The van der Waals surface area contributed by atoms with Crippen molar-refractivity contribution in [3.8, 4) is 0 Å². The molecule has 0 aromatic carbocycles. The number of amides is 1. The molecule has 80 valence electrons. The summed E-state index contributed by atoms with van der Waals surface area (Å²) in [5, 5.41) is 2.97. The highest BCUT2D eigenvalue weighted by atomic mass is 16.3. The molecule has 3 nitrogen and oxygen atoms in total. The molecule has 1 aromatic heterocycles. The van der Waals surface area contributed by atoms with Gasteiger partial charge in [0.1, 0.15) is 5.76 Å². The van der Waals surface area contributed by atoms with E-state index < -0.39 is 0 Å². The molecule has 0 radical (unpaired) electrons. The monoisotopic (exact) mass is 205 g/mol. The van der Waals surface area contributed by atoms with Gasteiger partial charge in [0.05, 0.1) is 6.26 Å². The van der Waals surface area contributed by atoms with Crippen LogP contribution in [0.15, 0.2) is 28.9 Å². The van der Waals surface area contributed by atoms with Crippen LogP contribution in [0.25, 0.3) is 6.08 Å². The zero-order valence-electron chi connectivity index (χ0n) is 8.61. The van der Waals surface area contributed by atoms with Crippen molar-refractivity contribution >= 4 is 12.0 Å². The average Bonchev–Trinajstić information content (AvgIpc) is 2.86. The third-order valence-corrected chi connectivity index (χ3v) is 2.64. The van der Waals surface area contributed by atoms with Crippen molar-refractivity contribution in [2.75, 3.05) is 0 Å². The minimum absolute atomic E-state index is 0.0294. The molecule has 1 aliphatic rings. The molecule has 1 aliphatic carbocycles. The number of hydrogen-bond acceptors (Lipinski definition) is 2. The van der Waals surface area contributed by atoms with E-state index in [9.17, 15) is 4.79 Å². The molecular formula is C12H15NO2. The van der Waals surface area contributed by atoms with Crippen LogP contribution in [0.4, 0.5) is 0 Å². The molecule has 1 amide bonds. The predicted molar refractivity (Wildman–Crippen MR) is 58.1 cm³/mol. The minimum atomic E-state index is -0.0294. The van der Waals surface area contributed by atoms with Gasteiger partial charge in [-0.05, 0) is 31.1 Å².